The summed E-state index contributed by atoms with van der Waals surface area (Å²) >= 11 is 0. The van der Waals surface area contributed by atoms with Gasteiger partial charge in [-0.1, -0.05) is 12.8 Å². The molecule has 0 aromatic heterocycles. The molecule has 0 aromatic carbocycles. The largest absolute Gasteiger partial charge is 0.467 e. The van der Waals surface area contributed by atoms with E-state index in [2.05, 4.69) is 22.3 Å². The lowest BCUT2D eigenvalue weighted by atomic mass is 10.1. The molecule has 0 spiro atoms. The number of hydrogen-bond donors (Lipinski definition) is 2. The molecule has 1 aliphatic rings. The molecule has 5 nitrogen and oxygen atoms in total. The second kappa shape index (κ2) is 6.59. The normalized spacial score (nSPS) is 18.3. The number of rotatable bonds is 7. The van der Waals surface area contributed by atoms with Crippen LogP contribution < -0.4 is 10.6 Å². The van der Waals surface area contributed by atoms with Crippen LogP contribution in [0.3, 0.4) is 0 Å². The van der Waals surface area contributed by atoms with Crippen LogP contribution in [0.4, 0.5) is 0 Å². The molecule has 1 fully saturated rings. The monoisotopic (exact) mass is 242 g/mol. The molecule has 0 radical (unpaired) electrons. The van der Waals surface area contributed by atoms with Gasteiger partial charge in [0.25, 0.3) is 0 Å². The van der Waals surface area contributed by atoms with E-state index in [4.69, 9.17) is 0 Å². The van der Waals surface area contributed by atoms with E-state index in [9.17, 15) is 9.59 Å². The van der Waals surface area contributed by atoms with E-state index < -0.39 is 12.0 Å². The molecular weight excluding hydrogens is 220 g/mol. The summed E-state index contributed by atoms with van der Waals surface area (Å²) in [4.78, 5) is 22.4. The van der Waals surface area contributed by atoms with E-state index >= 15 is 0 Å². The Balaban J connectivity index is 2.30. The first kappa shape index (κ1) is 14.0. The fourth-order valence-corrected chi connectivity index (χ4v) is 1.84. The van der Waals surface area contributed by atoms with Gasteiger partial charge >= 0.3 is 5.97 Å². The van der Waals surface area contributed by atoms with Gasteiger partial charge in [-0.3, -0.25) is 4.79 Å². The number of ether oxygens (including phenoxy) is 1. The Bertz CT molecular complexity index is 277. The zero-order valence-electron chi connectivity index (χ0n) is 10.8. The highest BCUT2D eigenvalue weighted by atomic mass is 16.5. The predicted molar refractivity (Wildman–Crippen MR) is 64.4 cm³/mol. The highest BCUT2D eigenvalue weighted by Gasteiger charge is 2.25. The van der Waals surface area contributed by atoms with Crippen molar-refractivity contribution in [2.45, 2.75) is 45.2 Å². The number of nitrogens with one attached hydrogen (secondary N) is 2. The van der Waals surface area contributed by atoms with Crippen LogP contribution in [0.5, 0.6) is 0 Å². The first-order valence-electron chi connectivity index (χ1n) is 6.11. The average molecular weight is 242 g/mol. The van der Waals surface area contributed by atoms with Crippen molar-refractivity contribution in [3.63, 3.8) is 0 Å². The van der Waals surface area contributed by atoms with Gasteiger partial charge in [0.1, 0.15) is 6.04 Å². The van der Waals surface area contributed by atoms with Crippen LogP contribution in [-0.2, 0) is 14.3 Å². The second-order valence-electron chi connectivity index (χ2n) is 4.76. The number of methoxy groups -OCH3 is 1. The molecule has 5 heteroatoms. The van der Waals surface area contributed by atoms with Gasteiger partial charge in [0.15, 0.2) is 0 Å². The molecule has 0 saturated heterocycles. The van der Waals surface area contributed by atoms with E-state index in [1.54, 1.807) is 0 Å². The van der Waals surface area contributed by atoms with Crippen molar-refractivity contribution in [2.75, 3.05) is 13.7 Å². The van der Waals surface area contributed by atoms with Crippen molar-refractivity contribution in [3.05, 3.63) is 0 Å². The van der Waals surface area contributed by atoms with Crippen LogP contribution in [0.2, 0.25) is 0 Å². The van der Waals surface area contributed by atoms with Crippen molar-refractivity contribution in [2.24, 2.45) is 5.92 Å². The van der Waals surface area contributed by atoms with Crippen molar-refractivity contribution in [3.8, 4) is 0 Å². The Morgan fingerprint density at radius 2 is 2.06 bits per heavy atom. The molecule has 1 amide bonds. The topological polar surface area (TPSA) is 67.4 Å². The summed E-state index contributed by atoms with van der Waals surface area (Å²) in [5.41, 5.74) is 0. The third-order valence-electron chi connectivity index (χ3n) is 2.92. The third kappa shape index (κ3) is 5.68. The number of carbonyl (C=O) groups excluding carboxylic acids is 2. The van der Waals surface area contributed by atoms with Gasteiger partial charge in [-0.15, -0.1) is 0 Å². The molecular formula is C12H22N2O3. The lowest BCUT2D eigenvalue weighted by Crippen LogP contribution is -2.48. The molecule has 1 saturated carbocycles. The number of esters is 1. The van der Waals surface area contributed by atoms with Crippen LogP contribution in [0, 0.1) is 5.92 Å². The molecule has 0 heterocycles. The second-order valence-corrected chi connectivity index (χ2v) is 4.76. The Hall–Kier alpha value is -1.10. The maximum absolute atomic E-state index is 11.4. The maximum Gasteiger partial charge on any atom is 0.329 e. The minimum absolute atomic E-state index is 0.225. The van der Waals surface area contributed by atoms with Gasteiger partial charge in [0, 0.05) is 19.5 Å². The number of carbonyl (C=O) groups is 2. The van der Waals surface area contributed by atoms with E-state index in [-0.39, 0.29) is 5.91 Å². The first-order chi connectivity index (χ1) is 8.02. The van der Waals surface area contributed by atoms with Crippen LogP contribution >= 0.6 is 0 Å². The minimum Gasteiger partial charge on any atom is -0.467 e. The Kier molecular flexibility index (Phi) is 5.41. The maximum atomic E-state index is 11.4. The summed E-state index contributed by atoms with van der Waals surface area (Å²) in [6, 6.07) is -0.234. The summed E-state index contributed by atoms with van der Waals surface area (Å²) < 4.78 is 4.65. The van der Waals surface area contributed by atoms with E-state index in [1.807, 2.05) is 0 Å². The molecule has 0 bridgehead atoms. The summed E-state index contributed by atoms with van der Waals surface area (Å²) in [7, 11) is 1.32. The number of amides is 1. The smallest absolute Gasteiger partial charge is 0.329 e. The Morgan fingerprint density at radius 1 is 1.41 bits per heavy atom. The van der Waals surface area contributed by atoms with Gasteiger partial charge < -0.3 is 15.4 Å². The van der Waals surface area contributed by atoms with Crippen LogP contribution in [0.1, 0.15) is 33.1 Å². The molecule has 2 unspecified atom stereocenters. The fraction of sp³-hybridized carbons (Fsp3) is 0.833. The van der Waals surface area contributed by atoms with Gasteiger partial charge in [-0.2, -0.15) is 0 Å². The Morgan fingerprint density at radius 3 is 2.53 bits per heavy atom. The van der Waals surface area contributed by atoms with E-state index in [0.717, 1.165) is 12.3 Å². The van der Waals surface area contributed by atoms with Crippen LogP contribution in [0.15, 0.2) is 0 Å². The zero-order valence-corrected chi connectivity index (χ0v) is 10.8. The summed E-state index contributed by atoms with van der Waals surface area (Å²) in [5.74, 6) is 0.207. The molecule has 1 aliphatic carbocycles. The van der Waals surface area contributed by atoms with Crippen molar-refractivity contribution < 1.29 is 14.3 Å². The quantitative estimate of drug-likeness (QED) is 0.636. The third-order valence-corrected chi connectivity index (χ3v) is 2.92. The summed E-state index contributed by atoms with van der Waals surface area (Å²) in [6.45, 7) is 3.91. The molecule has 0 aliphatic heterocycles. The number of hydrogen-bond acceptors (Lipinski definition) is 4. The van der Waals surface area contributed by atoms with Crippen LogP contribution in [0.25, 0.3) is 0 Å². The van der Waals surface area contributed by atoms with Gasteiger partial charge in [-0.05, 0) is 19.3 Å². The Labute approximate surface area is 102 Å². The highest BCUT2D eigenvalue weighted by molar-refractivity contribution is 5.83. The van der Waals surface area contributed by atoms with Gasteiger partial charge in [0.05, 0.1) is 7.11 Å². The highest BCUT2D eigenvalue weighted by Crippen LogP contribution is 2.33. The predicted octanol–water partition coefficient (Wildman–Crippen LogP) is 0.442. The van der Waals surface area contributed by atoms with Gasteiger partial charge in [-0.25, -0.2) is 4.79 Å². The fourth-order valence-electron chi connectivity index (χ4n) is 1.84. The van der Waals surface area contributed by atoms with Crippen molar-refractivity contribution >= 4 is 11.9 Å². The standard InChI is InChI=1S/C12H22N2O3/c1-8(6-10-4-5-10)13-7-11(12(16)17-3)14-9(2)15/h8,10-11,13H,4-7H2,1-3H3,(H,14,15). The van der Waals surface area contributed by atoms with Crippen molar-refractivity contribution in [1.29, 1.82) is 0 Å². The molecule has 2 N–H and O–H groups in total. The van der Waals surface area contributed by atoms with Crippen LogP contribution in [-0.4, -0.2) is 37.6 Å². The SMILES string of the molecule is COC(=O)C(CNC(C)CC1CC1)NC(C)=O. The van der Waals surface area contributed by atoms with Crippen molar-refractivity contribution in [1.82, 2.24) is 10.6 Å². The molecule has 17 heavy (non-hydrogen) atoms. The zero-order chi connectivity index (χ0) is 12.8. The lowest BCUT2D eigenvalue weighted by molar-refractivity contribution is -0.144. The summed E-state index contributed by atoms with van der Waals surface area (Å²) in [5, 5.41) is 5.84. The molecule has 2 atom stereocenters. The first-order valence-corrected chi connectivity index (χ1v) is 6.11. The van der Waals surface area contributed by atoms with Gasteiger partial charge in [0.2, 0.25) is 5.91 Å². The molecule has 98 valence electrons. The minimum atomic E-state index is -0.598. The van der Waals surface area contributed by atoms with E-state index in [1.165, 1.54) is 26.9 Å². The van der Waals surface area contributed by atoms with E-state index in [0.29, 0.717) is 12.6 Å². The summed E-state index contributed by atoms with van der Waals surface area (Å²) in [6.07, 6.45) is 3.77. The molecule has 0 aromatic rings. The average Bonchev–Trinajstić information content (AvgIpc) is 3.06. The lowest BCUT2D eigenvalue weighted by Gasteiger charge is -2.19. The molecule has 1 rings (SSSR count).